The average molecular weight is 463 g/mol. The predicted octanol–water partition coefficient (Wildman–Crippen LogP) is 5.71. The summed E-state index contributed by atoms with van der Waals surface area (Å²) in [4.78, 5) is 11.4. The maximum Gasteiger partial charge on any atom is 0.341 e. The number of hydrogen-bond donors (Lipinski definition) is 3. The quantitative estimate of drug-likeness (QED) is 0.308. The van der Waals surface area contributed by atoms with Gasteiger partial charge in [-0.2, -0.15) is 0 Å². The van der Waals surface area contributed by atoms with Gasteiger partial charge in [-0.15, -0.1) is 0 Å². The Balaban J connectivity index is 3.23. The third-order valence-electron chi connectivity index (χ3n) is 3.96. The number of rotatable bonds is 10. The Kier molecular flexibility index (Phi) is 9.64. The molecule has 7 heteroatoms. The minimum atomic E-state index is -2.33. The normalized spacial score (nSPS) is 14.8. The summed E-state index contributed by atoms with van der Waals surface area (Å²) in [5.74, 6) is -1.46. The Morgan fingerprint density at radius 1 is 1.50 bits per heavy atom. The molecule has 0 fully saturated rings. The van der Waals surface area contributed by atoms with Crippen molar-refractivity contribution in [2.24, 2.45) is 0 Å². The summed E-state index contributed by atoms with van der Waals surface area (Å²) in [6, 6.07) is 5.56. The first-order chi connectivity index (χ1) is 12.3. The van der Waals surface area contributed by atoms with Crippen molar-refractivity contribution >= 4 is 51.9 Å². The Labute approximate surface area is 172 Å². The number of halogens is 3. The molecule has 3 nitrogen and oxygen atoms in total. The number of carbonyl (C=O) groups is 1. The second-order valence-electron chi connectivity index (χ2n) is 5.68. The van der Waals surface area contributed by atoms with Gasteiger partial charge in [-0.25, -0.2) is 9.18 Å². The molecule has 0 aliphatic carbocycles. The molecule has 0 bridgehead atoms. The second-order valence-corrected chi connectivity index (χ2v) is 7.32. The van der Waals surface area contributed by atoms with Crippen LogP contribution in [0.1, 0.15) is 30.9 Å². The maximum absolute atomic E-state index is 14.8. The van der Waals surface area contributed by atoms with Gasteiger partial charge in [-0.1, -0.05) is 71.2 Å². The van der Waals surface area contributed by atoms with Crippen molar-refractivity contribution < 1.29 is 14.3 Å². The molecule has 1 aromatic carbocycles. The molecule has 1 aromatic rings. The number of carboxylic acids is 1. The molecule has 0 heterocycles. The number of thiol groups is 1. The summed E-state index contributed by atoms with van der Waals surface area (Å²) in [5, 5.41) is 9.82. The number of aryl methyl sites for hydroxylation is 1. The molecule has 0 aromatic heterocycles. The number of hydrogen-bond acceptors (Lipinski definition) is 3. The zero-order valence-electron chi connectivity index (χ0n) is 14.4. The standard InChI is InChI=1S/C19H22BrClFNO2S/c1-3-5-15(17(21)4-2)16-12-14(20)7-6-13(16)8-9-19(22,18(24)25)10-11-23-26/h3-7,12,23,26H,1,8-11H2,2H3,(H,24,25)/b15-5-,17-4+. The highest BCUT2D eigenvalue weighted by atomic mass is 79.9. The lowest BCUT2D eigenvalue weighted by molar-refractivity contribution is -0.151. The minimum absolute atomic E-state index is 0.152. The van der Waals surface area contributed by atoms with Gasteiger partial charge in [0.1, 0.15) is 0 Å². The van der Waals surface area contributed by atoms with Gasteiger partial charge >= 0.3 is 5.97 Å². The van der Waals surface area contributed by atoms with Gasteiger partial charge in [0.05, 0.1) is 0 Å². The van der Waals surface area contributed by atoms with E-state index in [0.717, 1.165) is 21.2 Å². The molecule has 2 N–H and O–H groups in total. The summed E-state index contributed by atoms with van der Waals surface area (Å²) in [6.07, 6.45) is 5.10. The number of aliphatic carboxylic acids is 1. The number of benzene rings is 1. The van der Waals surface area contributed by atoms with E-state index in [4.69, 9.17) is 11.6 Å². The Morgan fingerprint density at radius 3 is 2.73 bits per heavy atom. The first-order valence-corrected chi connectivity index (χ1v) is 9.63. The lowest BCUT2D eigenvalue weighted by Crippen LogP contribution is -2.36. The number of allylic oxidation sites excluding steroid dienone is 5. The molecule has 142 valence electrons. The van der Waals surface area contributed by atoms with Crippen molar-refractivity contribution in [3.05, 3.63) is 63.6 Å². The van der Waals surface area contributed by atoms with E-state index in [2.05, 4.69) is 40.0 Å². The van der Waals surface area contributed by atoms with E-state index in [1.807, 2.05) is 25.1 Å². The molecular weight excluding hydrogens is 441 g/mol. The number of alkyl halides is 1. The van der Waals surface area contributed by atoms with Crippen molar-refractivity contribution in [2.75, 3.05) is 6.54 Å². The average Bonchev–Trinajstić information content (AvgIpc) is 2.62. The Morgan fingerprint density at radius 2 is 2.19 bits per heavy atom. The van der Waals surface area contributed by atoms with E-state index < -0.39 is 11.6 Å². The molecule has 1 unspecified atom stereocenters. The lowest BCUT2D eigenvalue weighted by atomic mass is 9.89. The van der Waals surface area contributed by atoms with Crippen LogP contribution in [0.4, 0.5) is 4.39 Å². The maximum atomic E-state index is 14.8. The molecule has 0 amide bonds. The lowest BCUT2D eigenvalue weighted by Gasteiger charge is -2.21. The highest BCUT2D eigenvalue weighted by Gasteiger charge is 2.37. The van der Waals surface area contributed by atoms with Gasteiger partial charge in [-0.05, 0) is 43.0 Å². The van der Waals surface area contributed by atoms with Crippen LogP contribution in [0, 0.1) is 0 Å². The van der Waals surface area contributed by atoms with Gasteiger partial charge < -0.3 is 5.11 Å². The summed E-state index contributed by atoms with van der Waals surface area (Å²) in [5.41, 5.74) is 0.0374. The summed E-state index contributed by atoms with van der Waals surface area (Å²) in [7, 11) is 0. The topological polar surface area (TPSA) is 49.3 Å². The Hall–Kier alpha value is -1.08. The van der Waals surface area contributed by atoms with Crippen molar-refractivity contribution in [3.8, 4) is 0 Å². The fraction of sp³-hybridized carbons (Fsp3) is 0.316. The molecule has 0 aliphatic heterocycles. The second kappa shape index (κ2) is 10.9. The van der Waals surface area contributed by atoms with E-state index in [1.54, 1.807) is 18.2 Å². The molecule has 0 radical (unpaired) electrons. The van der Waals surface area contributed by atoms with Crippen molar-refractivity contribution in [2.45, 2.75) is 31.9 Å². The van der Waals surface area contributed by atoms with E-state index in [-0.39, 0.29) is 25.8 Å². The van der Waals surface area contributed by atoms with Crippen LogP contribution in [0.5, 0.6) is 0 Å². The van der Waals surface area contributed by atoms with Gasteiger partial charge in [0.25, 0.3) is 0 Å². The molecule has 26 heavy (non-hydrogen) atoms. The third kappa shape index (κ3) is 6.27. The predicted molar refractivity (Wildman–Crippen MR) is 113 cm³/mol. The molecule has 1 atom stereocenters. The zero-order chi connectivity index (χ0) is 19.7. The van der Waals surface area contributed by atoms with Crippen molar-refractivity contribution in [1.29, 1.82) is 0 Å². The summed E-state index contributed by atoms with van der Waals surface area (Å²) < 4.78 is 18.2. The van der Waals surface area contributed by atoms with E-state index in [0.29, 0.717) is 5.03 Å². The highest BCUT2D eigenvalue weighted by Crippen LogP contribution is 2.33. The van der Waals surface area contributed by atoms with E-state index in [1.165, 1.54) is 0 Å². The van der Waals surface area contributed by atoms with Gasteiger partial charge in [-0.3, -0.25) is 4.72 Å². The fourth-order valence-electron chi connectivity index (χ4n) is 2.51. The summed E-state index contributed by atoms with van der Waals surface area (Å²) >= 11 is 13.6. The van der Waals surface area contributed by atoms with Crippen LogP contribution in [0.25, 0.3) is 5.57 Å². The highest BCUT2D eigenvalue weighted by molar-refractivity contribution is 9.10. The van der Waals surface area contributed by atoms with Gasteiger partial charge in [0.15, 0.2) is 0 Å². The smallest absolute Gasteiger partial charge is 0.341 e. The largest absolute Gasteiger partial charge is 0.479 e. The Bertz CT molecular complexity index is 723. The van der Waals surface area contributed by atoms with E-state index >= 15 is 0 Å². The first-order valence-electron chi connectivity index (χ1n) is 8.02. The summed E-state index contributed by atoms with van der Waals surface area (Å²) in [6.45, 7) is 5.69. The molecule has 0 spiro atoms. The van der Waals surface area contributed by atoms with Crippen molar-refractivity contribution in [3.63, 3.8) is 0 Å². The third-order valence-corrected chi connectivity index (χ3v) is 5.10. The fourth-order valence-corrected chi connectivity index (χ4v) is 3.15. The monoisotopic (exact) mass is 461 g/mol. The van der Waals surface area contributed by atoms with Crippen LogP contribution in [-0.4, -0.2) is 23.3 Å². The van der Waals surface area contributed by atoms with Crippen LogP contribution in [0.2, 0.25) is 0 Å². The van der Waals surface area contributed by atoms with Crippen LogP contribution in [0.15, 0.2) is 52.5 Å². The SMILES string of the molecule is C=C/C=C(\C(Cl)=C/C)c1cc(Br)ccc1CCC(F)(CCNS)C(=O)O. The van der Waals surface area contributed by atoms with Crippen molar-refractivity contribution in [1.82, 2.24) is 4.72 Å². The molecule has 0 aliphatic rings. The van der Waals surface area contributed by atoms with Crippen LogP contribution in [-0.2, 0) is 11.2 Å². The molecular formula is C19H22BrClFNO2S. The minimum Gasteiger partial charge on any atom is -0.479 e. The molecule has 0 saturated carbocycles. The number of nitrogens with one attached hydrogen (secondary N) is 1. The first kappa shape index (κ1) is 23.0. The van der Waals surface area contributed by atoms with Crippen LogP contribution >= 0.6 is 40.3 Å². The van der Waals surface area contributed by atoms with Gasteiger partial charge in [0.2, 0.25) is 5.67 Å². The molecule has 1 rings (SSSR count). The van der Waals surface area contributed by atoms with Crippen LogP contribution in [0.3, 0.4) is 0 Å². The zero-order valence-corrected chi connectivity index (χ0v) is 17.7. The van der Waals surface area contributed by atoms with E-state index in [9.17, 15) is 14.3 Å². The number of carboxylic acid groups (broad SMARTS) is 1. The molecule has 0 saturated heterocycles. The van der Waals surface area contributed by atoms with Gasteiger partial charge in [0, 0.05) is 28.0 Å². The van der Waals surface area contributed by atoms with Crippen LogP contribution < -0.4 is 4.72 Å².